The summed E-state index contributed by atoms with van der Waals surface area (Å²) in [4.78, 5) is 15.8. The number of aryl methyl sites for hydroxylation is 1. The topological polar surface area (TPSA) is 34.0 Å². The van der Waals surface area contributed by atoms with Crippen LogP contribution in [0.1, 0.15) is 12.0 Å². The molecule has 25 heavy (non-hydrogen) atoms. The number of nitrogens with one attached hydrogen (secondary N) is 1. The Morgan fingerprint density at radius 3 is 2.48 bits per heavy atom. The van der Waals surface area contributed by atoms with Crippen LogP contribution >= 0.6 is 0 Å². The number of benzene rings is 2. The van der Waals surface area contributed by atoms with E-state index in [1.54, 1.807) is 7.11 Å². The summed E-state index contributed by atoms with van der Waals surface area (Å²) < 4.78 is 5.30. The molecule has 1 N–H and O–H groups in total. The number of carbonyl (C=O) groups excluding carboxylic acids is 1. The minimum absolute atomic E-state index is 0. The Morgan fingerprint density at radius 1 is 1.08 bits per heavy atom. The lowest BCUT2D eigenvalue weighted by atomic mass is 10.1. The van der Waals surface area contributed by atoms with E-state index >= 15 is 0 Å². The van der Waals surface area contributed by atoms with E-state index in [1.807, 2.05) is 35.2 Å². The molecule has 0 atom stereocenters. The molecule has 0 aromatic heterocycles. The molecule has 1 saturated heterocycles. The molecule has 1 amide bonds. The third-order valence-electron chi connectivity index (χ3n) is 4.67. The second-order valence-corrected chi connectivity index (χ2v) is 6.20. The van der Waals surface area contributed by atoms with Gasteiger partial charge in [0.15, 0.2) is 0 Å². The lowest BCUT2D eigenvalue weighted by Crippen LogP contribution is -3.10. The smallest absolute Gasteiger partial charge is 0.223 e. The summed E-state index contributed by atoms with van der Waals surface area (Å²) in [6.45, 7) is 3.54. The van der Waals surface area contributed by atoms with Crippen molar-refractivity contribution < 1.29 is 26.8 Å². The highest BCUT2D eigenvalue weighted by Gasteiger charge is 2.24. The molecular formula is C20H25ClN2O2. The summed E-state index contributed by atoms with van der Waals surface area (Å²) in [5.41, 5.74) is 2.47. The molecule has 0 saturated carbocycles. The van der Waals surface area contributed by atoms with Crippen molar-refractivity contribution in [3.63, 3.8) is 0 Å². The van der Waals surface area contributed by atoms with Crippen molar-refractivity contribution in [2.45, 2.75) is 12.8 Å². The summed E-state index contributed by atoms with van der Waals surface area (Å²) in [5, 5.41) is 0. The minimum atomic E-state index is 0. The number of ether oxygens (including phenoxy) is 1. The standard InChI is InChI=1S/C20H24N2O2.ClH/c1-24-19-9-5-8-18(16-19)21-12-14-22(15-13-21)20(23)11-10-17-6-3-2-4-7-17;/h2-9,16H,10-15H2,1H3;1H. The van der Waals surface area contributed by atoms with Crippen LogP contribution in [0.3, 0.4) is 0 Å². The molecule has 2 aromatic carbocycles. The van der Waals surface area contributed by atoms with Gasteiger partial charge < -0.3 is 22.0 Å². The lowest BCUT2D eigenvalue weighted by molar-refractivity contribution is -0.837. The number of hydrogen-bond donors (Lipinski definition) is 1. The first-order valence-corrected chi connectivity index (χ1v) is 8.57. The first-order valence-electron chi connectivity index (χ1n) is 8.57. The van der Waals surface area contributed by atoms with Gasteiger partial charge in [-0.2, -0.15) is 0 Å². The number of amides is 1. The molecule has 134 valence electrons. The zero-order valence-corrected chi connectivity index (χ0v) is 15.3. The summed E-state index contributed by atoms with van der Waals surface area (Å²) in [6.07, 6.45) is 1.42. The van der Waals surface area contributed by atoms with Crippen molar-refractivity contribution in [3.8, 4) is 5.75 Å². The average molecular weight is 361 g/mol. The van der Waals surface area contributed by atoms with Gasteiger partial charge in [0, 0.05) is 12.5 Å². The van der Waals surface area contributed by atoms with Gasteiger partial charge in [-0.15, -0.1) is 0 Å². The monoisotopic (exact) mass is 360 g/mol. The second kappa shape index (κ2) is 9.44. The van der Waals surface area contributed by atoms with E-state index in [4.69, 9.17) is 4.74 Å². The molecule has 2 aromatic rings. The SMILES string of the molecule is COc1cccc([NH+]2CCN(C(=O)CCc3ccccc3)CC2)c1.[Cl-]. The largest absolute Gasteiger partial charge is 1.00 e. The second-order valence-electron chi connectivity index (χ2n) is 6.20. The van der Waals surface area contributed by atoms with Crippen LogP contribution in [0.15, 0.2) is 54.6 Å². The van der Waals surface area contributed by atoms with Crippen molar-refractivity contribution in [2.75, 3.05) is 33.3 Å². The summed E-state index contributed by atoms with van der Waals surface area (Å²) in [7, 11) is 1.69. The van der Waals surface area contributed by atoms with Crippen LogP contribution in [0.5, 0.6) is 5.75 Å². The summed E-state index contributed by atoms with van der Waals surface area (Å²) >= 11 is 0. The van der Waals surface area contributed by atoms with E-state index in [0.29, 0.717) is 6.42 Å². The molecule has 1 aliphatic rings. The van der Waals surface area contributed by atoms with E-state index in [-0.39, 0.29) is 18.3 Å². The van der Waals surface area contributed by atoms with Crippen LogP contribution < -0.4 is 22.0 Å². The number of quaternary nitrogens is 1. The molecule has 0 aliphatic carbocycles. The quantitative estimate of drug-likeness (QED) is 0.718. The van der Waals surface area contributed by atoms with Gasteiger partial charge in [-0.3, -0.25) is 9.69 Å². The first-order chi connectivity index (χ1) is 11.8. The maximum atomic E-state index is 12.4. The van der Waals surface area contributed by atoms with Gasteiger partial charge in [-0.25, -0.2) is 0 Å². The first kappa shape index (κ1) is 19.3. The summed E-state index contributed by atoms with van der Waals surface area (Å²) in [6, 6.07) is 18.4. The highest BCUT2D eigenvalue weighted by atomic mass is 35.5. The third kappa shape index (κ3) is 5.21. The third-order valence-corrected chi connectivity index (χ3v) is 4.67. The van der Waals surface area contributed by atoms with Gasteiger partial charge in [0.2, 0.25) is 5.91 Å². The van der Waals surface area contributed by atoms with E-state index < -0.39 is 0 Å². The molecule has 3 rings (SSSR count). The Balaban J connectivity index is 0.00000225. The van der Waals surface area contributed by atoms with Crippen molar-refractivity contribution in [1.29, 1.82) is 0 Å². The normalized spacial score (nSPS) is 14.7. The minimum Gasteiger partial charge on any atom is -1.00 e. The average Bonchev–Trinajstić information content (AvgIpc) is 2.67. The Labute approximate surface area is 155 Å². The van der Waals surface area contributed by atoms with Gasteiger partial charge in [0.25, 0.3) is 0 Å². The van der Waals surface area contributed by atoms with Crippen molar-refractivity contribution in [3.05, 3.63) is 60.2 Å². The molecule has 0 unspecified atom stereocenters. The Kier molecular flexibility index (Phi) is 7.29. The molecule has 1 aliphatic heterocycles. The molecular weight excluding hydrogens is 336 g/mol. The number of hydrogen-bond acceptors (Lipinski definition) is 2. The van der Waals surface area contributed by atoms with Crippen LogP contribution in [0.2, 0.25) is 0 Å². The Hall–Kier alpha value is -2.04. The van der Waals surface area contributed by atoms with E-state index in [0.717, 1.165) is 38.3 Å². The number of halogens is 1. The number of methoxy groups -OCH3 is 1. The zero-order valence-electron chi connectivity index (χ0n) is 14.6. The number of nitrogens with zero attached hydrogens (tertiary/aromatic N) is 1. The van der Waals surface area contributed by atoms with Crippen molar-refractivity contribution >= 4 is 11.6 Å². The van der Waals surface area contributed by atoms with Crippen LogP contribution in [0, 0.1) is 0 Å². The van der Waals surface area contributed by atoms with Gasteiger partial charge >= 0.3 is 0 Å². The van der Waals surface area contributed by atoms with Gasteiger partial charge in [-0.1, -0.05) is 36.4 Å². The maximum Gasteiger partial charge on any atom is 0.223 e. The molecule has 0 spiro atoms. The van der Waals surface area contributed by atoms with Crippen molar-refractivity contribution in [2.24, 2.45) is 0 Å². The molecule has 1 fully saturated rings. The van der Waals surface area contributed by atoms with Crippen LogP contribution in [-0.2, 0) is 11.2 Å². The van der Waals surface area contributed by atoms with E-state index in [9.17, 15) is 4.79 Å². The fraction of sp³-hybridized carbons (Fsp3) is 0.350. The van der Waals surface area contributed by atoms with Crippen molar-refractivity contribution in [1.82, 2.24) is 4.90 Å². The fourth-order valence-electron chi connectivity index (χ4n) is 3.21. The van der Waals surface area contributed by atoms with Crippen LogP contribution in [0.25, 0.3) is 0 Å². The Morgan fingerprint density at radius 2 is 1.80 bits per heavy atom. The number of piperazine rings is 1. The van der Waals surface area contributed by atoms with Gasteiger partial charge in [-0.05, 0) is 24.1 Å². The lowest BCUT2D eigenvalue weighted by Gasteiger charge is -2.32. The highest BCUT2D eigenvalue weighted by Crippen LogP contribution is 2.14. The molecule has 1 heterocycles. The molecule has 0 bridgehead atoms. The fourth-order valence-corrected chi connectivity index (χ4v) is 3.21. The highest BCUT2D eigenvalue weighted by molar-refractivity contribution is 5.76. The molecule has 4 nitrogen and oxygen atoms in total. The molecule has 0 radical (unpaired) electrons. The number of rotatable bonds is 5. The predicted molar refractivity (Wildman–Crippen MR) is 94.7 cm³/mol. The molecule has 5 heteroatoms. The Bertz CT molecular complexity index is 670. The zero-order chi connectivity index (χ0) is 16.8. The maximum absolute atomic E-state index is 12.4. The van der Waals surface area contributed by atoms with Crippen LogP contribution in [-0.4, -0.2) is 44.1 Å². The van der Waals surface area contributed by atoms with Gasteiger partial charge in [0.05, 0.1) is 33.3 Å². The van der Waals surface area contributed by atoms with Crippen LogP contribution in [0.4, 0.5) is 5.69 Å². The summed E-state index contributed by atoms with van der Waals surface area (Å²) in [5.74, 6) is 1.16. The van der Waals surface area contributed by atoms with E-state index in [2.05, 4.69) is 24.3 Å². The van der Waals surface area contributed by atoms with Gasteiger partial charge in [0.1, 0.15) is 11.4 Å². The van der Waals surface area contributed by atoms with E-state index in [1.165, 1.54) is 16.2 Å². The predicted octanol–water partition coefficient (Wildman–Crippen LogP) is -1.31. The number of carbonyl (C=O) groups is 1.